The highest BCUT2D eigenvalue weighted by molar-refractivity contribution is 5.97. The normalized spacial score (nSPS) is 31.1. The van der Waals surface area contributed by atoms with Crippen LogP contribution in [0.5, 0.6) is 0 Å². The van der Waals surface area contributed by atoms with Crippen LogP contribution in [0.4, 0.5) is 0 Å². The molecule has 4 heteroatoms. The summed E-state index contributed by atoms with van der Waals surface area (Å²) < 4.78 is 0. The van der Waals surface area contributed by atoms with Gasteiger partial charge in [0.2, 0.25) is 11.8 Å². The molecule has 0 radical (unpaired) electrons. The van der Waals surface area contributed by atoms with Crippen LogP contribution in [0.1, 0.15) is 53.4 Å². The highest BCUT2D eigenvalue weighted by Gasteiger charge is 2.46. The summed E-state index contributed by atoms with van der Waals surface area (Å²) in [5.41, 5.74) is -0.648. The minimum atomic E-state index is -0.761. The Labute approximate surface area is 109 Å². The summed E-state index contributed by atoms with van der Waals surface area (Å²) in [6.07, 6.45) is 4.52. The Hall–Kier alpha value is -1.06. The molecule has 0 bridgehead atoms. The van der Waals surface area contributed by atoms with Crippen LogP contribution in [0.2, 0.25) is 0 Å². The Morgan fingerprint density at radius 3 is 2.44 bits per heavy atom. The number of carbonyl (C=O) groups excluding carboxylic acids is 2. The molecule has 1 heterocycles. The minimum Gasteiger partial charge on any atom is -0.341 e. The van der Waals surface area contributed by atoms with Crippen molar-refractivity contribution in [2.45, 2.75) is 65.0 Å². The summed E-state index contributed by atoms with van der Waals surface area (Å²) in [6, 6.07) is 0.198. The topological polar surface area (TPSA) is 49.4 Å². The second-order valence-electron chi connectivity index (χ2n) is 6.86. The van der Waals surface area contributed by atoms with Crippen LogP contribution in [-0.2, 0) is 9.59 Å². The molecular weight excluding hydrogens is 228 g/mol. The predicted molar refractivity (Wildman–Crippen MR) is 70.0 cm³/mol. The second-order valence-corrected chi connectivity index (χ2v) is 6.86. The quantitative estimate of drug-likeness (QED) is 0.772. The van der Waals surface area contributed by atoms with Crippen molar-refractivity contribution < 1.29 is 9.59 Å². The molecule has 1 N–H and O–H groups in total. The summed E-state index contributed by atoms with van der Waals surface area (Å²) in [5.74, 6) is 0.0167. The summed E-state index contributed by atoms with van der Waals surface area (Å²) in [7, 11) is 0. The number of carbonyl (C=O) groups is 2. The number of nitrogens with zero attached hydrogens (tertiary/aromatic N) is 1. The standard InChI is InChI=1S/C14H24N2O2/c1-13(2)8-6-5-7-10(13)16-9-11(17)15-14(3,4)12(16)18/h10H,5-9H2,1-4H3,(H,15,17). The Balaban J connectivity index is 2.25. The molecule has 102 valence electrons. The molecule has 18 heavy (non-hydrogen) atoms. The van der Waals surface area contributed by atoms with Gasteiger partial charge in [-0.3, -0.25) is 9.59 Å². The molecule has 0 spiro atoms. The van der Waals surface area contributed by atoms with E-state index in [0.29, 0.717) is 0 Å². The molecular formula is C14H24N2O2. The van der Waals surface area contributed by atoms with E-state index in [-0.39, 0.29) is 29.8 Å². The maximum absolute atomic E-state index is 12.5. The van der Waals surface area contributed by atoms with Gasteiger partial charge in [0.25, 0.3) is 0 Å². The zero-order valence-electron chi connectivity index (χ0n) is 11.9. The fourth-order valence-electron chi connectivity index (χ4n) is 3.33. The van der Waals surface area contributed by atoms with Gasteiger partial charge in [-0.05, 0) is 32.1 Å². The number of amides is 2. The molecule has 1 unspecified atom stereocenters. The first kappa shape index (κ1) is 13.4. The predicted octanol–water partition coefficient (Wildman–Crippen LogP) is 1.69. The zero-order chi connectivity index (χ0) is 13.6. The molecule has 2 amide bonds. The van der Waals surface area contributed by atoms with Gasteiger partial charge in [-0.25, -0.2) is 0 Å². The third-order valence-electron chi connectivity index (χ3n) is 4.39. The fraction of sp³-hybridized carbons (Fsp3) is 0.857. The third kappa shape index (κ3) is 2.25. The number of hydrogen-bond acceptors (Lipinski definition) is 2. The average molecular weight is 252 g/mol. The van der Waals surface area contributed by atoms with E-state index in [2.05, 4.69) is 19.2 Å². The third-order valence-corrected chi connectivity index (χ3v) is 4.39. The monoisotopic (exact) mass is 252 g/mol. The lowest BCUT2D eigenvalue weighted by atomic mass is 9.72. The first-order valence-corrected chi connectivity index (χ1v) is 6.86. The van der Waals surface area contributed by atoms with Crippen LogP contribution in [-0.4, -0.2) is 34.8 Å². The van der Waals surface area contributed by atoms with Crippen LogP contribution in [0.15, 0.2) is 0 Å². The molecule has 1 aliphatic heterocycles. The van der Waals surface area contributed by atoms with Crippen molar-refractivity contribution in [3.8, 4) is 0 Å². The Morgan fingerprint density at radius 2 is 1.83 bits per heavy atom. The van der Waals surface area contributed by atoms with E-state index >= 15 is 0 Å². The van der Waals surface area contributed by atoms with Crippen molar-refractivity contribution in [3.05, 3.63) is 0 Å². The molecule has 0 aromatic rings. The summed E-state index contributed by atoms with van der Waals surface area (Å²) in [4.78, 5) is 26.1. The Bertz CT molecular complexity index is 374. The summed E-state index contributed by atoms with van der Waals surface area (Å²) in [6.45, 7) is 8.22. The van der Waals surface area contributed by atoms with E-state index in [9.17, 15) is 9.59 Å². The Kier molecular flexibility index (Phi) is 3.16. The van der Waals surface area contributed by atoms with Gasteiger partial charge in [0.15, 0.2) is 0 Å². The Morgan fingerprint density at radius 1 is 1.17 bits per heavy atom. The highest BCUT2D eigenvalue weighted by atomic mass is 16.2. The summed E-state index contributed by atoms with van der Waals surface area (Å²) in [5, 5.41) is 2.77. The molecule has 1 saturated carbocycles. The van der Waals surface area contributed by atoms with E-state index in [1.54, 1.807) is 13.8 Å². The van der Waals surface area contributed by atoms with Gasteiger partial charge in [0.1, 0.15) is 5.54 Å². The van der Waals surface area contributed by atoms with E-state index in [4.69, 9.17) is 0 Å². The first-order valence-electron chi connectivity index (χ1n) is 6.86. The van der Waals surface area contributed by atoms with Gasteiger partial charge >= 0.3 is 0 Å². The van der Waals surface area contributed by atoms with E-state index in [1.165, 1.54) is 6.42 Å². The second kappa shape index (κ2) is 4.25. The van der Waals surface area contributed by atoms with Crippen molar-refractivity contribution in [2.24, 2.45) is 5.41 Å². The molecule has 0 aromatic heterocycles. The van der Waals surface area contributed by atoms with Crippen LogP contribution >= 0.6 is 0 Å². The molecule has 1 atom stereocenters. The smallest absolute Gasteiger partial charge is 0.248 e. The van der Waals surface area contributed by atoms with E-state index in [1.807, 2.05) is 4.90 Å². The van der Waals surface area contributed by atoms with E-state index < -0.39 is 5.54 Å². The molecule has 2 aliphatic rings. The molecule has 2 rings (SSSR count). The molecule has 1 aliphatic carbocycles. The number of nitrogens with one attached hydrogen (secondary N) is 1. The van der Waals surface area contributed by atoms with Gasteiger partial charge in [0, 0.05) is 6.04 Å². The van der Waals surface area contributed by atoms with Gasteiger partial charge in [-0.1, -0.05) is 26.7 Å². The number of rotatable bonds is 1. The first-order chi connectivity index (χ1) is 8.24. The lowest BCUT2D eigenvalue weighted by Gasteiger charge is -2.49. The van der Waals surface area contributed by atoms with Crippen LogP contribution in [0, 0.1) is 5.41 Å². The fourth-order valence-corrected chi connectivity index (χ4v) is 3.33. The molecule has 4 nitrogen and oxygen atoms in total. The summed E-state index contributed by atoms with van der Waals surface area (Å²) >= 11 is 0. The minimum absolute atomic E-state index is 0.0408. The lowest BCUT2D eigenvalue weighted by Crippen LogP contribution is -2.67. The maximum Gasteiger partial charge on any atom is 0.248 e. The number of piperazine rings is 1. The highest BCUT2D eigenvalue weighted by Crippen LogP contribution is 2.39. The van der Waals surface area contributed by atoms with Crippen LogP contribution in [0.25, 0.3) is 0 Å². The van der Waals surface area contributed by atoms with Crippen molar-refractivity contribution in [3.63, 3.8) is 0 Å². The van der Waals surface area contributed by atoms with Gasteiger partial charge in [0.05, 0.1) is 6.54 Å². The van der Waals surface area contributed by atoms with Crippen molar-refractivity contribution >= 4 is 11.8 Å². The molecule has 1 saturated heterocycles. The molecule has 0 aromatic carbocycles. The van der Waals surface area contributed by atoms with Crippen LogP contribution < -0.4 is 5.32 Å². The SMILES string of the molecule is CC1(C)NC(=O)CN(C2CCCCC2(C)C)C1=O. The number of hydrogen-bond donors (Lipinski definition) is 1. The van der Waals surface area contributed by atoms with Gasteiger partial charge in [-0.2, -0.15) is 0 Å². The molecule has 2 fully saturated rings. The van der Waals surface area contributed by atoms with E-state index in [0.717, 1.165) is 19.3 Å². The van der Waals surface area contributed by atoms with Crippen molar-refractivity contribution in [2.75, 3.05) is 6.54 Å². The average Bonchev–Trinajstić information content (AvgIpc) is 2.22. The largest absolute Gasteiger partial charge is 0.341 e. The maximum atomic E-state index is 12.5. The van der Waals surface area contributed by atoms with Gasteiger partial charge in [-0.15, -0.1) is 0 Å². The van der Waals surface area contributed by atoms with Crippen molar-refractivity contribution in [1.82, 2.24) is 10.2 Å². The zero-order valence-corrected chi connectivity index (χ0v) is 11.9. The van der Waals surface area contributed by atoms with Gasteiger partial charge < -0.3 is 10.2 Å². The van der Waals surface area contributed by atoms with Crippen LogP contribution in [0.3, 0.4) is 0 Å². The van der Waals surface area contributed by atoms with Crippen molar-refractivity contribution in [1.29, 1.82) is 0 Å². The lowest BCUT2D eigenvalue weighted by molar-refractivity contribution is -0.154.